The highest BCUT2D eigenvalue weighted by molar-refractivity contribution is 6.36. The van der Waals surface area contributed by atoms with Crippen LogP contribution in [0, 0.1) is 11.8 Å². The van der Waals surface area contributed by atoms with Gasteiger partial charge in [0.1, 0.15) is 6.04 Å². The number of piperidine rings is 1. The molecule has 1 heterocycles. The maximum absolute atomic E-state index is 12.4. The fourth-order valence-electron chi connectivity index (χ4n) is 2.81. The summed E-state index contributed by atoms with van der Waals surface area (Å²) in [5.74, 6) is -0.839. The topological polar surface area (TPSA) is 89.1 Å². The molecule has 3 atom stereocenters. The zero-order chi connectivity index (χ0) is 13.7. The molecule has 1 aromatic carbocycles. The first kappa shape index (κ1) is 15.1. The first-order valence-corrected chi connectivity index (χ1v) is 6.73. The van der Waals surface area contributed by atoms with E-state index in [0.29, 0.717) is 23.0 Å². The molecule has 1 aliphatic carbocycles. The van der Waals surface area contributed by atoms with Crippen molar-refractivity contribution in [2.75, 3.05) is 6.54 Å². The molecule has 1 saturated carbocycles. The molecule has 0 radical (unpaired) electrons. The van der Waals surface area contributed by atoms with Gasteiger partial charge in [-0.2, -0.15) is 0 Å². The predicted molar refractivity (Wildman–Crippen MR) is 74.1 cm³/mol. The van der Waals surface area contributed by atoms with Gasteiger partial charge in [-0.1, -0.05) is 23.2 Å². The number of aliphatic carboxylic acids is 1. The number of hydrogen-bond acceptors (Lipinski definition) is 2. The number of likely N-dealkylation sites (tertiary alicyclic amines) is 1. The highest BCUT2D eigenvalue weighted by Gasteiger charge is 2.57. The lowest BCUT2D eigenvalue weighted by Gasteiger charge is -2.24. The minimum Gasteiger partial charge on any atom is -0.480 e. The fraction of sp³-hybridized carbons (Fsp3) is 0.385. The number of nitrogens with zero attached hydrogens (tertiary/aromatic N) is 1. The van der Waals surface area contributed by atoms with E-state index in [9.17, 15) is 14.7 Å². The van der Waals surface area contributed by atoms with Gasteiger partial charge in [-0.15, -0.1) is 0 Å². The van der Waals surface area contributed by atoms with Crippen LogP contribution in [-0.2, 0) is 4.79 Å². The molecule has 1 saturated heterocycles. The molecule has 3 unspecified atom stereocenters. The Kier molecular flexibility index (Phi) is 3.95. The van der Waals surface area contributed by atoms with Crippen LogP contribution in [0.2, 0.25) is 10.0 Å². The van der Waals surface area contributed by atoms with Gasteiger partial charge in [-0.25, -0.2) is 4.79 Å². The van der Waals surface area contributed by atoms with Gasteiger partial charge in [0.15, 0.2) is 0 Å². The van der Waals surface area contributed by atoms with Gasteiger partial charge in [-0.05, 0) is 36.5 Å². The number of halogens is 2. The standard InChI is InChI=1S/C13H11Cl2NO3.H2O/c14-7-1-2-8(10(15)4-7)12(17)16-5-6-3-9(6)11(16)13(18)19;/h1-2,4,6,9,11H,3,5H2,(H,18,19);1H2. The summed E-state index contributed by atoms with van der Waals surface area (Å²) in [7, 11) is 0. The number of benzene rings is 1. The second kappa shape index (κ2) is 5.24. The molecule has 1 aliphatic heterocycles. The minimum atomic E-state index is -0.941. The molecule has 1 amide bonds. The first-order valence-electron chi connectivity index (χ1n) is 5.98. The Morgan fingerprint density at radius 3 is 2.60 bits per heavy atom. The van der Waals surface area contributed by atoms with Crippen LogP contribution in [0.5, 0.6) is 0 Å². The maximum Gasteiger partial charge on any atom is 0.326 e. The monoisotopic (exact) mass is 317 g/mol. The van der Waals surface area contributed by atoms with E-state index in [4.69, 9.17) is 23.2 Å². The lowest BCUT2D eigenvalue weighted by Crippen LogP contribution is -2.43. The van der Waals surface area contributed by atoms with Crippen LogP contribution in [0.4, 0.5) is 0 Å². The molecule has 5 nitrogen and oxygen atoms in total. The van der Waals surface area contributed by atoms with E-state index in [1.54, 1.807) is 6.07 Å². The van der Waals surface area contributed by atoms with E-state index < -0.39 is 12.0 Å². The SMILES string of the molecule is O.O=C(O)C1C2CC2CN1C(=O)c1ccc(Cl)cc1Cl. The number of amides is 1. The molecule has 0 spiro atoms. The lowest BCUT2D eigenvalue weighted by atomic mass is 10.1. The Morgan fingerprint density at radius 1 is 1.30 bits per heavy atom. The van der Waals surface area contributed by atoms with Crippen molar-refractivity contribution in [3.8, 4) is 0 Å². The van der Waals surface area contributed by atoms with Crippen molar-refractivity contribution < 1.29 is 20.2 Å². The summed E-state index contributed by atoms with van der Waals surface area (Å²) in [4.78, 5) is 25.1. The van der Waals surface area contributed by atoms with Gasteiger partial charge in [-0.3, -0.25) is 4.79 Å². The van der Waals surface area contributed by atoms with Crippen molar-refractivity contribution in [2.24, 2.45) is 11.8 Å². The summed E-state index contributed by atoms with van der Waals surface area (Å²) >= 11 is 11.8. The van der Waals surface area contributed by atoms with Crippen molar-refractivity contribution in [2.45, 2.75) is 12.5 Å². The molecular weight excluding hydrogens is 305 g/mol. The molecule has 0 bridgehead atoms. The number of rotatable bonds is 2. The molecule has 20 heavy (non-hydrogen) atoms. The normalized spacial score (nSPS) is 26.7. The van der Waals surface area contributed by atoms with Crippen LogP contribution in [0.25, 0.3) is 0 Å². The smallest absolute Gasteiger partial charge is 0.326 e. The average molecular weight is 318 g/mol. The van der Waals surface area contributed by atoms with E-state index in [1.807, 2.05) is 0 Å². The zero-order valence-electron chi connectivity index (χ0n) is 10.3. The Morgan fingerprint density at radius 2 is 2.00 bits per heavy atom. The predicted octanol–water partition coefficient (Wildman–Crippen LogP) is 1.71. The summed E-state index contributed by atoms with van der Waals surface area (Å²) < 4.78 is 0. The molecule has 3 N–H and O–H groups in total. The zero-order valence-corrected chi connectivity index (χ0v) is 11.9. The van der Waals surface area contributed by atoms with Crippen molar-refractivity contribution in [1.29, 1.82) is 0 Å². The van der Waals surface area contributed by atoms with Crippen LogP contribution in [0.1, 0.15) is 16.8 Å². The molecule has 1 aromatic rings. The number of fused-ring (bicyclic) bond motifs is 1. The quantitative estimate of drug-likeness (QED) is 0.900. The molecular formula is C13H13Cl2NO4. The summed E-state index contributed by atoms with van der Waals surface area (Å²) in [6.07, 6.45) is 0.898. The minimum absolute atomic E-state index is 0. The third-order valence-corrected chi connectivity index (χ3v) is 4.37. The van der Waals surface area contributed by atoms with Crippen LogP contribution in [0.3, 0.4) is 0 Å². The Labute approximate surface area is 125 Å². The van der Waals surface area contributed by atoms with Gasteiger partial charge in [0, 0.05) is 11.6 Å². The number of hydrogen-bond donors (Lipinski definition) is 1. The van der Waals surface area contributed by atoms with Crippen molar-refractivity contribution in [3.05, 3.63) is 33.8 Å². The van der Waals surface area contributed by atoms with Gasteiger partial charge >= 0.3 is 5.97 Å². The summed E-state index contributed by atoms with van der Waals surface area (Å²) in [5, 5.41) is 9.94. The van der Waals surface area contributed by atoms with Crippen molar-refractivity contribution in [1.82, 2.24) is 4.90 Å². The van der Waals surface area contributed by atoms with E-state index in [1.165, 1.54) is 17.0 Å². The second-order valence-corrected chi connectivity index (χ2v) is 5.87. The summed E-state index contributed by atoms with van der Waals surface area (Å²) in [6.45, 7) is 0.499. The fourth-order valence-corrected chi connectivity index (χ4v) is 3.30. The van der Waals surface area contributed by atoms with Gasteiger partial charge in [0.05, 0.1) is 10.6 Å². The molecule has 0 aromatic heterocycles. The van der Waals surface area contributed by atoms with E-state index in [2.05, 4.69) is 0 Å². The van der Waals surface area contributed by atoms with Crippen LogP contribution < -0.4 is 0 Å². The third kappa shape index (κ3) is 2.37. The van der Waals surface area contributed by atoms with Crippen LogP contribution in [-0.4, -0.2) is 39.9 Å². The highest BCUT2D eigenvalue weighted by Crippen LogP contribution is 2.50. The highest BCUT2D eigenvalue weighted by atomic mass is 35.5. The lowest BCUT2D eigenvalue weighted by molar-refractivity contribution is -0.142. The molecule has 108 valence electrons. The van der Waals surface area contributed by atoms with E-state index >= 15 is 0 Å². The molecule has 7 heteroatoms. The maximum atomic E-state index is 12.4. The Balaban J connectivity index is 0.00000147. The Bertz CT molecular complexity index is 577. The van der Waals surface area contributed by atoms with Crippen LogP contribution in [0.15, 0.2) is 18.2 Å². The summed E-state index contributed by atoms with van der Waals surface area (Å²) in [5.41, 5.74) is 0.304. The Hall–Kier alpha value is -1.30. The van der Waals surface area contributed by atoms with Gasteiger partial charge in [0.25, 0.3) is 5.91 Å². The van der Waals surface area contributed by atoms with Gasteiger partial charge in [0.2, 0.25) is 0 Å². The average Bonchev–Trinajstić information content (AvgIpc) is 2.98. The summed E-state index contributed by atoms with van der Waals surface area (Å²) in [6, 6.07) is 3.88. The molecule has 2 aliphatic rings. The van der Waals surface area contributed by atoms with Crippen molar-refractivity contribution in [3.63, 3.8) is 0 Å². The van der Waals surface area contributed by atoms with Crippen molar-refractivity contribution >= 4 is 35.1 Å². The first-order chi connectivity index (χ1) is 8.99. The third-order valence-electron chi connectivity index (χ3n) is 3.83. The number of carboxylic acid groups (broad SMARTS) is 1. The number of carbonyl (C=O) groups is 2. The van der Waals surface area contributed by atoms with Gasteiger partial charge < -0.3 is 15.5 Å². The van der Waals surface area contributed by atoms with E-state index in [0.717, 1.165) is 6.42 Å². The van der Waals surface area contributed by atoms with Crippen LogP contribution >= 0.6 is 23.2 Å². The largest absolute Gasteiger partial charge is 0.480 e. The second-order valence-electron chi connectivity index (χ2n) is 5.02. The molecule has 3 rings (SSSR count). The number of carboxylic acids is 1. The molecule has 2 fully saturated rings. The van der Waals surface area contributed by atoms with E-state index in [-0.39, 0.29) is 22.3 Å². The number of carbonyl (C=O) groups excluding carboxylic acids is 1.